The van der Waals surface area contributed by atoms with Gasteiger partial charge in [-0.25, -0.2) is 4.79 Å². The third-order valence-electron chi connectivity index (χ3n) is 1.40. The zero-order chi connectivity index (χ0) is 10.3. The molecule has 4 nitrogen and oxygen atoms in total. The number of carbonyl (C=O) groups excluding carboxylic acids is 1. The summed E-state index contributed by atoms with van der Waals surface area (Å²) in [7, 11) is 7.23. The summed E-state index contributed by atoms with van der Waals surface area (Å²) >= 11 is 0. The van der Waals surface area contributed by atoms with Gasteiger partial charge in [0.15, 0.2) is 0 Å². The van der Waals surface area contributed by atoms with Gasteiger partial charge in [-0.2, -0.15) is 0 Å². The number of amides is 2. The van der Waals surface area contributed by atoms with Crippen molar-refractivity contribution in [3.05, 3.63) is 0 Å². The van der Waals surface area contributed by atoms with Crippen LogP contribution in [0.2, 0.25) is 0 Å². The lowest BCUT2D eigenvalue weighted by molar-refractivity contribution is 0.216. The molecule has 0 unspecified atom stereocenters. The lowest BCUT2D eigenvalue weighted by Crippen LogP contribution is -2.35. The summed E-state index contributed by atoms with van der Waals surface area (Å²) in [6.45, 7) is 1.19. The van der Waals surface area contributed by atoms with Crippen LogP contribution in [0.4, 0.5) is 4.79 Å². The van der Waals surface area contributed by atoms with Crippen LogP contribution in [0.1, 0.15) is 0 Å². The van der Waals surface area contributed by atoms with Gasteiger partial charge in [-0.15, -0.1) is 12.4 Å². The molecule has 82 valence electrons. The van der Waals surface area contributed by atoms with Gasteiger partial charge in [-0.05, 0) is 14.1 Å². The van der Waals surface area contributed by atoms with E-state index in [0.29, 0.717) is 6.54 Å². The lowest BCUT2D eigenvalue weighted by Gasteiger charge is -2.12. The summed E-state index contributed by atoms with van der Waals surface area (Å²) in [6, 6.07) is -0.112. The monoisotopic (exact) mass is 219 g/mol. The van der Waals surface area contributed by atoms with Crippen LogP contribution in [0.5, 0.6) is 0 Å². The molecule has 0 fully saturated rings. The quantitative estimate of drug-likeness (QED) is 0.676. The highest BCUT2D eigenvalue weighted by Gasteiger charge is 2.01. The van der Waals surface area contributed by atoms with E-state index in [0.717, 1.165) is 6.54 Å². The van der Waals surface area contributed by atoms with Gasteiger partial charge in [0, 0.05) is 14.1 Å². The molecule has 0 saturated heterocycles. The maximum atomic E-state index is 11.0. The normalized spacial score (nSPS) is 8.36. The van der Waals surface area contributed by atoms with Crippen molar-refractivity contribution in [3.8, 4) is 11.8 Å². The van der Waals surface area contributed by atoms with E-state index >= 15 is 0 Å². The fourth-order valence-electron chi connectivity index (χ4n) is 0.651. The van der Waals surface area contributed by atoms with Gasteiger partial charge in [0.2, 0.25) is 0 Å². The van der Waals surface area contributed by atoms with E-state index in [4.69, 9.17) is 0 Å². The van der Waals surface area contributed by atoms with E-state index in [1.54, 1.807) is 14.1 Å². The Hall–Kier alpha value is -0.920. The molecule has 5 heteroatoms. The Bertz CT molecular complexity index is 220. The Morgan fingerprint density at radius 1 is 1.21 bits per heavy atom. The first-order valence-corrected chi connectivity index (χ1v) is 4.11. The summed E-state index contributed by atoms with van der Waals surface area (Å²) in [4.78, 5) is 14.5. The molecule has 0 atom stereocenters. The number of urea groups is 1. The minimum atomic E-state index is -0.112. The number of rotatable bonds is 2. The predicted octanol–water partition coefficient (Wildman–Crippen LogP) is 0.244. The van der Waals surface area contributed by atoms with Gasteiger partial charge in [-0.1, -0.05) is 11.8 Å². The standard InChI is InChI=1S/C9H17N3O.ClH/c1-10-9(13)12(4)8-6-5-7-11(2)3;/h7-8H2,1-4H3,(H,10,13);1H. The zero-order valence-electron chi connectivity index (χ0n) is 9.13. The summed E-state index contributed by atoms with van der Waals surface area (Å²) in [5.41, 5.74) is 0. The third kappa shape index (κ3) is 7.71. The molecule has 0 bridgehead atoms. The molecule has 0 spiro atoms. The molecule has 0 aliphatic rings. The van der Waals surface area contributed by atoms with Crippen molar-refractivity contribution in [2.75, 3.05) is 41.3 Å². The number of nitrogens with zero attached hydrogens (tertiary/aromatic N) is 2. The predicted molar refractivity (Wildman–Crippen MR) is 60.7 cm³/mol. The van der Waals surface area contributed by atoms with Crippen molar-refractivity contribution in [2.24, 2.45) is 0 Å². The molecule has 0 saturated carbocycles. The second-order valence-electron chi connectivity index (χ2n) is 3.00. The molecular weight excluding hydrogens is 202 g/mol. The van der Waals surface area contributed by atoms with E-state index in [2.05, 4.69) is 17.2 Å². The third-order valence-corrected chi connectivity index (χ3v) is 1.40. The van der Waals surface area contributed by atoms with E-state index in [9.17, 15) is 4.79 Å². The van der Waals surface area contributed by atoms with E-state index in [1.165, 1.54) is 4.90 Å². The van der Waals surface area contributed by atoms with Gasteiger partial charge in [0.25, 0.3) is 0 Å². The average Bonchev–Trinajstić information content (AvgIpc) is 2.10. The van der Waals surface area contributed by atoms with Crippen molar-refractivity contribution in [1.82, 2.24) is 15.1 Å². The molecule has 0 aliphatic carbocycles. The van der Waals surface area contributed by atoms with Gasteiger partial charge in [0.05, 0.1) is 13.1 Å². The average molecular weight is 220 g/mol. The zero-order valence-corrected chi connectivity index (χ0v) is 9.94. The molecule has 0 aromatic carbocycles. The van der Waals surface area contributed by atoms with Crippen LogP contribution in [0, 0.1) is 11.8 Å². The Kier molecular flexibility index (Phi) is 9.63. The van der Waals surface area contributed by atoms with Gasteiger partial charge < -0.3 is 10.2 Å². The summed E-state index contributed by atoms with van der Waals surface area (Å²) in [5.74, 6) is 5.85. The van der Waals surface area contributed by atoms with E-state index < -0.39 is 0 Å². The number of carbonyl (C=O) groups is 1. The summed E-state index contributed by atoms with van der Waals surface area (Å²) in [6.07, 6.45) is 0. The van der Waals surface area contributed by atoms with Crippen molar-refractivity contribution in [1.29, 1.82) is 0 Å². The molecular formula is C9H18ClN3O. The molecule has 0 radical (unpaired) electrons. The summed E-state index contributed by atoms with van der Waals surface area (Å²) in [5, 5.41) is 2.52. The van der Waals surface area contributed by atoms with Crippen LogP contribution in [0.15, 0.2) is 0 Å². The SMILES string of the molecule is CNC(=O)N(C)CC#CCN(C)C.Cl. The van der Waals surface area contributed by atoms with Crippen LogP contribution < -0.4 is 5.32 Å². The summed E-state index contributed by atoms with van der Waals surface area (Å²) < 4.78 is 0. The Morgan fingerprint density at radius 3 is 2.14 bits per heavy atom. The number of hydrogen-bond donors (Lipinski definition) is 1. The second kappa shape index (κ2) is 8.67. The Balaban J connectivity index is 0. The van der Waals surface area contributed by atoms with E-state index in [1.807, 2.05) is 19.0 Å². The van der Waals surface area contributed by atoms with Crippen LogP contribution in [0.25, 0.3) is 0 Å². The molecule has 14 heavy (non-hydrogen) atoms. The molecule has 0 aromatic heterocycles. The Morgan fingerprint density at radius 2 is 1.71 bits per heavy atom. The van der Waals surface area contributed by atoms with E-state index in [-0.39, 0.29) is 18.4 Å². The topological polar surface area (TPSA) is 35.6 Å². The van der Waals surface area contributed by atoms with Gasteiger partial charge in [0.1, 0.15) is 0 Å². The molecule has 0 aromatic rings. The molecule has 0 heterocycles. The molecule has 0 rings (SSSR count). The maximum absolute atomic E-state index is 11.0. The fraction of sp³-hybridized carbons (Fsp3) is 0.667. The highest BCUT2D eigenvalue weighted by molar-refractivity contribution is 5.85. The minimum Gasteiger partial charge on any atom is -0.341 e. The molecule has 2 amide bonds. The smallest absolute Gasteiger partial charge is 0.317 e. The molecule has 0 aliphatic heterocycles. The first kappa shape index (κ1) is 15.5. The van der Waals surface area contributed by atoms with Crippen LogP contribution in [-0.4, -0.2) is 57.1 Å². The first-order chi connectivity index (χ1) is 6.07. The van der Waals surface area contributed by atoms with Gasteiger partial charge >= 0.3 is 6.03 Å². The maximum Gasteiger partial charge on any atom is 0.317 e. The largest absolute Gasteiger partial charge is 0.341 e. The van der Waals surface area contributed by atoms with Crippen molar-refractivity contribution >= 4 is 18.4 Å². The highest BCUT2D eigenvalue weighted by atomic mass is 35.5. The second-order valence-corrected chi connectivity index (χ2v) is 3.00. The number of halogens is 1. The van der Waals surface area contributed by atoms with Crippen LogP contribution in [0.3, 0.4) is 0 Å². The first-order valence-electron chi connectivity index (χ1n) is 4.11. The lowest BCUT2D eigenvalue weighted by atomic mass is 10.5. The van der Waals surface area contributed by atoms with Gasteiger partial charge in [-0.3, -0.25) is 4.90 Å². The van der Waals surface area contributed by atoms with Crippen molar-refractivity contribution < 1.29 is 4.79 Å². The Labute approximate surface area is 92.0 Å². The minimum absolute atomic E-state index is 0. The number of hydrogen-bond acceptors (Lipinski definition) is 2. The van der Waals surface area contributed by atoms with Crippen molar-refractivity contribution in [2.45, 2.75) is 0 Å². The number of nitrogens with one attached hydrogen (secondary N) is 1. The van der Waals surface area contributed by atoms with Crippen LogP contribution in [-0.2, 0) is 0 Å². The van der Waals surface area contributed by atoms with Crippen LogP contribution >= 0.6 is 12.4 Å². The highest BCUT2D eigenvalue weighted by Crippen LogP contribution is 1.80. The fourth-order valence-corrected chi connectivity index (χ4v) is 0.651. The van der Waals surface area contributed by atoms with Crippen molar-refractivity contribution in [3.63, 3.8) is 0 Å². The molecule has 1 N–H and O–H groups in total.